The van der Waals surface area contributed by atoms with Crippen LogP contribution in [0, 0.1) is 5.92 Å². The second-order valence-electron chi connectivity index (χ2n) is 3.86. The molecule has 0 aliphatic carbocycles. The summed E-state index contributed by atoms with van der Waals surface area (Å²) in [5, 5.41) is 0. The Morgan fingerprint density at radius 3 is 2.50 bits per heavy atom. The summed E-state index contributed by atoms with van der Waals surface area (Å²) in [6, 6.07) is 0. The molecule has 1 aliphatic rings. The second kappa shape index (κ2) is 3.30. The van der Waals surface area contributed by atoms with Crippen LogP contribution >= 0.6 is 0 Å². The van der Waals surface area contributed by atoms with Crippen molar-refractivity contribution in [3.63, 3.8) is 0 Å². The first kappa shape index (κ1) is 9.30. The standard InChI is InChI=1S/C10H17NO/c1-7-5-8(2)10(12)11(4)6-9(7)3/h8H,5-6H2,1-4H3. The molecule has 1 rings (SSSR count). The molecule has 0 aromatic rings. The first-order chi connectivity index (χ1) is 5.52. The van der Waals surface area contributed by atoms with E-state index in [0.717, 1.165) is 13.0 Å². The summed E-state index contributed by atoms with van der Waals surface area (Å²) >= 11 is 0. The predicted molar refractivity (Wildman–Crippen MR) is 49.8 cm³/mol. The number of hydrogen-bond donors (Lipinski definition) is 0. The van der Waals surface area contributed by atoms with E-state index in [0.29, 0.717) is 0 Å². The third kappa shape index (κ3) is 1.68. The van der Waals surface area contributed by atoms with E-state index >= 15 is 0 Å². The van der Waals surface area contributed by atoms with E-state index in [-0.39, 0.29) is 11.8 Å². The molecule has 0 saturated carbocycles. The lowest BCUT2D eigenvalue weighted by atomic mass is 10.0. The molecule has 1 aliphatic heterocycles. The van der Waals surface area contributed by atoms with E-state index in [1.54, 1.807) is 0 Å². The largest absolute Gasteiger partial charge is 0.342 e. The van der Waals surface area contributed by atoms with Gasteiger partial charge < -0.3 is 4.90 Å². The SMILES string of the molecule is CC1=C(C)CN(C)C(=O)C(C)C1. The van der Waals surface area contributed by atoms with E-state index < -0.39 is 0 Å². The van der Waals surface area contributed by atoms with Crippen molar-refractivity contribution in [1.82, 2.24) is 4.90 Å². The Labute approximate surface area is 74.2 Å². The average Bonchev–Trinajstić information content (AvgIpc) is 2.07. The number of allylic oxidation sites excluding steroid dienone is 1. The lowest BCUT2D eigenvalue weighted by Gasteiger charge is -2.17. The molecule has 0 saturated heterocycles. The molecule has 1 atom stereocenters. The first-order valence-electron chi connectivity index (χ1n) is 4.42. The van der Waals surface area contributed by atoms with Crippen LogP contribution in [0.1, 0.15) is 27.2 Å². The minimum atomic E-state index is 0.160. The summed E-state index contributed by atoms with van der Waals surface area (Å²) in [7, 11) is 1.88. The molecule has 0 aromatic carbocycles. The number of amides is 1. The van der Waals surface area contributed by atoms with Gasteiger partial charge in [-0.25, -0.2) is 0 Å². The maximum atomic E-state index is 11.5. The van der Waals surface area contributed by atoms with Gasteiger partial charge in [-0.1, -0.05) is 18.1 Å². The fourth-order valence-corrected chi connectivity index (χ4v) is 1.67. The van der Waals surface area contributed by atoms with Crippen LogP contribution in [0.15, 0.2) is 11.1 Å². The number of carbonyl (C=O) groups is 1. The lowest BCUT2D eigenvalue weighted by Crippen LogP contribution is -2.30. The monoisotopic (exact) mass is 167 g/mol. The molecule has 0 spiro atoms. The van der Waals surface area contributed by atoms with E-state index in [1.165, 1.54) is 11.1 Å². The Balaban J connectivity index is 2.86. The molecule has 68 valence electrons. The summed E-state index contributed by atoms with van der Waals surface area (Å²) in [6.07, 6.45) is 0.926. The summed E-state index contributed by atoms with van der Waals surface area (Å²) < 4.78 is 0. The highest BCUT2D eigenvalue weighted by molar-refractivity contribution is 5.79. The quantitative estimate of drug-likeness (QED) is 0.504. The molecule has 0 N–H and O–H groups in total. The Morgan fingerprint density at radius 2 is 1.92 bits per heavy atom. The van der Waals surface area contributed by atoms with E-state index in [2.05, 4.69) is 13.8 Å². The fourth-order valence-electron chi connectivity index (χ4n) is 1.67. The van der Waals surface area contributed by atoms with Crippen molar-refractivity contribution in [2.75, 3.05) is 13.6 Å². The molecular weight excluding hydrogens is 150 g/mol. The van der Waals surface area contributed by atoms with Gasteiger partial charge in [0.2, 0.25) is 5.91 Å². The Bertz CT molecular complexity index is 208. The van der Waals surface area contributed by atoms with Crippen LogP contribution in [0.3, 0.4) is 0 Å². The third-order valence-corrected chi connectivity index (χ3v) is 2.61. The zero-order valence-corrected chi connectivity index (χ0v) is 8.35. The van der Waals surface area contributed by atoms with Crippen LogP contribution < -0.4 is 0 Å². The topological polar surface area (TPSA) is 20.3 Å². The van der Waals surface area contributed by atoms with Crippen molar-refractivity contribution < 1.29 is 4.79 Å². The summed E-state index contributed by atoms with van der Waals surface area (Å²) in [5.41, 5.74) is 2.72. The molecule has 0 radical (unpaired) electrons. The lowest BCUT2D eigenvalue weighted by molar-refractivity contribution is -0.132. The van der Waals surface area contributed by atoms with E-state index in [4.69, 9.17) is 0 Å². The van der Waals surface area contributed by atoms with Gasteiger partial charge in [-0.15, -0.1) is 0 Å². The fraction of sp³-hybridized carbons (Fsp3) is 0.700. The van der Waals surface area contributed by atoms with Gasteiger partial charge in [-0.2, -0.15) is 0 Å². The molecule has 0 fully saturated rings. The minimum Gasteiger partial charge on any atom is -0.342 e. The Kier molecular flexibility index (Phi) is 2.55. The van der Waals surface area contributed by atoms with Gasteiger partial charge in [0.1, 0.15) is 0 Å². The van der Waals surface area contributed by atoms with Crippen molar-refractivity contribution in [3.05, 3.63) is 11.1 Å². The maximum Gasteiger partial charge on any atom is 0.225 e. The van der Waals surface area contributed by atoms with Crippen LogP contribution in [0.5, 0.6) is 0 Å². The van der Waals surface area contributed by atoms with Gasteiger partial charge in [0.25, 0.3) is 0 Å². The molecule has 0 aromatic heterocycles. The Hall–Kier alpha value is -0.790. The summed E-state index contributed by atoms with van der Waals surface area (Å²) in [5.74, 6) is 0.429. The van der Waals surface area contributed by atoms with Crippen LogP contribution in [0.4, 0.5) is 0 Å². The number of carbonyl (C=O) groups excluding carboxylic acids is 1. The molecular formula is C10H17NO. The summed E-state index contributed by atoms with van der Waals surface area (Å²) in [6.45, 7) is 7.03. The van der Waals surface area contributed by atoms with Crippen molar-refractivity contribution in [2.24, 2.45) is 5.92 Å². The Morgan fingerprint density at radius 1 is 1.33 bits per heavy atom. The second-order valence-corrected chi connectivity index (χ2v) is 3.86. The van der Waals surface area contributed by atoms with Crippen molar-refractivity contribution >= 4 is 5.91 Å². The molecule has 1 heterocycles. The molecule has 1 amide bonds. The van der Waals surface area contributed by atoms with Gasteiger partial charge in [0.05, 0.1) is 0 Å². The van der Waals surface area contributed by atoms with Gasteiger partial charge >= 0.3 is 0 Å². The third-order valence-electron chi connectivity index (χ3n) is 2.61. The van der Waals surface area contributed by atoms with E-state index in [1.807, 2.05) is 18.9 Å². The summed E-state index contributed by atoms with van der Waals surface area (Å²) in [4.78, 5) is 13.4. The van der Waals surface area contributed by atoms with E-state index in [9.17, 15) is 4.79 Å². The number of likely N-dealkylation sites (N-methyl/N-ethyl adjacent to an activating group) is 1. The smallest absolute Gasteiger partial charge is 0.225 e. The molecule has 12 heavy (non-hydrogen) atoms. The normalized spacial score (nSPS) is 26.2. The number of rotatable bonds is 0. The molecule has 2 heteroatoms. The van der Waals surface area contributed by atoms with Crippen molar-refractivity contribution in [1.29, 1.82) is 0 Å². The molecule has 1 unspecified atom stereocenters. The zero-order chi connectivity index (χ0) is 9.30. The van der Waals surface area contributed by atoms with Crippen LogP contribution in [-0.2, 0) is 4.79 Å². The number of hydrogen-bond acceptors (Lipinski definition) is 1. The molecule has 0 bridgehead atoms. The van der Waals surface area contributed by atoms with Crippen molar-refractivity contribution in [2.45, 2.75) is 27.2 Å². The highest BCUT2D eigenvalue weighted by atomic mass is 16.2. The van der Waals surface area contributed by atoms with Gasteiger partial charge in [0, 0.05) is 19.5 Å². The van der Waals surface area contributed by atoms with Gasteiger partial charge in [-0.05, 0) is 20.3 Å². The predicted octanol–water partition coefficient (Wildman–Crippen LogP) is 1.82. The minimum absolute atomic E-state index is 0.160. The van der Waals surface area contributed by atoms with Crippen LogP contribution in [0.2, 0.25) is 0 Å². The first-order valence-corrected chi connectivity index (χ1v) is 4.42. The number of nitrogens with zero attached hydrogens (tertiary/aromatic N) is 1. The highest BCUT2D eigenvalue weighted by Crippen LogP contribution is 2.21. The van der Waals surface area contributed by atoms with Gasteiger partial charge in [0.15, 0.2) is 0 Å². The van der Waals surface area contributed by atoms with Gasteiger partial charge in [-0.3, -0.25) is 4.79 Å². The molecule has 2 nitrogen and oxygen atoms in total. The average molecular weight is 167 g/mol. The van der Waals surface area contributed by atoms with Crippen LogP contribution in [-0.4, -0.2) is 24.4 Å². The zero-order valence-electron chi connectivity index (χ0n) is 8.35. The van der Waals surface area contributed by atoms with Crippen molar-refractivity contribution in [3.8, 4) is 0 Å². The highest BCUT2D eigenvalue weighted by Gasteiger charge is 2.21. The maximum absolute atomic E-state index is 11.5. The van der Waals surface area contributed by atoms with Crippen LogP contribution in [0.25, 0.3) is 0 Å².